The minimum absolute atomic E-state index is 0.0163. The fourth-order valence-corrected chi connectivity index (χ4v) is 4.31. The Hall–Kier alpha value is -2.12. The van der Waals surface area contributed by atoms with Gasteiger partial charge in [0.1, 0.15) is 5.60 Å². The third-order valence-corrected chi connectivity index (χ3v) is 6.83. The minimum Gasteiger partial charge on any atom is -0.444 e. The van der Waals surface area contributed by atoms with Gasteiger partial charge < -0.3 is 14.0 Å². The Morgan fingerprint density at radius 2 is 1.75 bits per heavy atom. The first kappa shape index (κ1) is 23.1. The van der Waals surface area contributed by atoms with Crippen LogP contribution >= 0.6 is 0 Å². The van der Waals surface area contributed by atoms with Gasteiger partial charge in [0.2, 0.25) is 0 Å². The Kier molecular flexibility index (Phi) is 5.79. The number of carbonyl (C=O) groups excluding carboxylic acids is 1. The van der Waals surface area contributed by atoms with Crippen molar-refractivity contribution in [2.75, 3.05) is 6.54 Å². The summed E-state index contributed by atoms with van der Waals surface area (Å²) in [6.45, 7) is 14.7. The molecule has 0 spiro atoms. The van der Waals surface area contributed by atoms with Crippen LogP contribution in [-0.2, 0) is 14.0 Å². The van der Waals surface area contributed by atoms with Crippen molar-refractivity contribution in [1.29, 1.82) is 0 Å². The van der Waals surface area contributed by atoms with E-state index in [1.165, 1.54) is 0 Å². The third-order valence-electron chi connectivity index (χ3n) is 6.83. The highest BCUT2D eigenvalue weighted by molar-refractivity contribution is 6.62. The number of nitrogens with zero attached hydrogens (tertiary/aromatic N) is 2. The van der Waals surface area contributed by atoms with Gasteiger partial charge >= 0.3 is 13.2 Å². The fraction of sp³-hybridized carbons (Fsp3) is 0.600. The van der Waals surface area contributed by atoms with Crippen LogP contribution in [0.4, 0.5) is 4.79 Å². The first-order valence-electron chi connectivity index (χ1n) is 11.6. The SMILES string of the molecule is CC(C)(C)OC(=O)N1CCC[C@H]1C1=NC=C(c2ccc(B3OC(C)(C)C(C)(C)O3)cc2)C1. The number of carbonyl (C=O) groups is 1. The summed E-state index contributed by atoms with van der Waals surface area (Å²) in [4.78, 5) is 19.2. The predicted molar refractivity (Wildman–Crippen MR) is 128 cm³/mol. The molecule has 0 radical (unpaired) electrons. The summed E-state index contributed by atoms with van der Waals surface area (Å²) >= 11 is 0. The third kappa shape index (κ3) is 4.51. The molecule has 1 amide bonds. The molecule has 6 nitrogen and oxygen atoms in total. The molecule has 0 saturated carbocycles. The standard InChI is InChI=1S/C25H35BN2O4/c1-23(2,3)30-22(29)28-14-8-9-21(28)20-15-18(16-27-20)17-10-12-19(13-11-17)26-31-24(4,5)25(6,7)32-26/h10-13,16,21H,8-9,14-15H2,1-7H3/t21-/m0/s1. The molecule has 3 aliphatic heterocycles. The maximum atomic E-state index is 12.6. The Bertz CT molecular complexity index is 928. The Morgan fingerprint density at radius 1 is 1.12 bits per heavy atom. The highest BCUT2D eigenvalue weighted by Crippen LogP contribution is 2.37. The van der Waals surface area contributed by atoms with Crippen molar-refractivity contribution in [3.8, 4) is 0 Å². The van der Waals surface area contributed by atoms with Crippen LogP contribution in [-0.4, -0.2) is 53.2 Å². The lowest BCUT2D eigenvalue weighted by Crippen LogP contribution is -2.43. The first-order valence-corrected chi connectivity index (χ1v) is 11.6. The number of aliphatic imine (C=N–C) groups is 1. The summed E-state index contributed by atoms with van der Waals surface area (Å²) in [7, 11) is -0.362. The van der Waals surface area contributed by atoms with Crippen LogP contribution in [0.5, 0.6) is 0 Å². The molecule has 4 rings (SSSR count). The van der Waals surface area contributed by atoms with E-state index in [4.69, 9.17) is 19.0 Å². The van der Waals surface area contributed by atoms with Crippen LogP contribution in [0.25, 0.3) is 5.57 Å². The van der Waals surface area contributed by atoms with Gasteiger partial charge in [-0.05, 0) is 77.9 Å². The second-order valence-electron chi connectivity index (χ2n) is 11.0. The van der Waals surface area contributed by atoms with Gasteiger partial charge in [-0.25, -0.2) is 4.79 Å². The molecule has 172 valence electrons. The zero-order valence-corrected chi connectivity index (χ0v) is 20.4. The van der Waals surface area contributed by atoms with Gasteiger partial charge in [0, 0.05) is 24.9 Å². The smallest absolute Gasteiger partial charge is 0.444 e. The van der Waals surface area contributed by atoms with Gasteiger partial charge in [-0.2, -0.15) is 0 Å². The van der Waals surface area contributed by atoms with E-state index in [0.29, 0.717) is 0 Å². The molecular weight excluding hydrogens is 403 g/mol. The zero-order chi connectivity index (χ0) is 23.3. The molecule has 0 bridgehead atoms. The molecule has 0 unspecified atom stereocenters. The van der Waals surface area contributed by atoms with E-state index in [1.807, 2.05) is 31.9 Å². The largest absolute Gasteiger partial charge is 0.494 e. The maximum Gasteiger partial charge on any atom is 0.494 e. The lowest BCUT2D eigenvalue weighted by Gasteiger charge is -2.32. The van der Waals surface area contributed by atoms with Gasteiger partial charge in [0.05, 0.1) is 17.2 Å². The van der Waals surface area contributed by atoms with Gasteiger partial charge in [-0.1, -0.05) is 24.3 Å². The number of hydrogen-bond acceptors (Lipinski definition) is 5. The topological polar surface area (TPSA) is 60.4 Å². The van der Waals surface area contributed by atoms with Crippen molar-refractivity contribution < 1.29 is 18.8 Å². The first-order chi connectivity index (χ1) is 14.9. The summed E-state index contributed by atoms with van der Waals surface area (Å²) in [5.41, 5.74) is 3.15. The van der Waals surface area contributed by atoms with E-state index in [0.717, 1.165) is 48.1 Å². The van der Waals surface area contributed by atoms with E-state index >= 15 is 0 Å². The predicted octanol–water partition coefficient (Wildman–Crippen LogP) is 4.57. The molecule has 1 aromatic carbocycles. The quantitative estimate of drug-likeness (QED) is 0.649. The molecule has 3 aliphatic rings. The normalized spacial score (nSPS) is 24.5. The van der Waals surface area contributed by atoms with E-state index < -0.39 is 5.60 Å². The van der Waals surface area contributed by atoms with Gasteiger partial charge in [-0.15, -0.1) is 0 Å². The fourth-order valence-electron chi connectivity index (χ4n) is 4.31. The monoisotopic (exact) mass is 438 g/mol. The molecule has 1 aromatic rings. The molecule has 0 aromatic heterocycles. The van der Waals surface area contributed by atoms with Crippen LogP contribution in [0.2, 0.25) is 0 Å². The van der Waals surface area contributed by atoms with E-state index in [9.17, 15) is 4.79 Å². The number of ether oxygens (including phenoxy) is 1. The van der Waals surface area contributed by atoms with E-state index in [1.54, 1.807) is 0 Å². The van der Waals surface area contributed by atoms with Crippen LogP contribution in [0.1, 0.15) is 73.3 Å². The van der Waals surface area contributed by atoms with Crippen molar-refractivity contribution in [2.45, 2.75) is 90.6 Å². The molecule has 0 aliphatic carbocycles. The lowest BCUT2D eigenvalue weighted by atomic mass is 9.78. The molecule has 1 atom stereocenters. The number of allylic oxidation sites excluding steroid dienone is 1. The zero-order valence-electron chi connectivity index (χ0n) is 20.4. The van der Waals surface area contributed by atoms with Crippen molar-refractivity contribution in [3.05, 3.63) is 36.0 Å². The van der Waals surface area contributed by atoms with E-state index in [-0.39, 0.29) is 30.5 Å². The second-order valence-corrected chi connectivity index (χ2v) is 11.0. The van der Waals surface area contributed by atoms with Crippen molar-refractivity contribution >= 4 is 30.0 Å². The summed E-state index contributed by atoms with van der Waals surface area (Å²) < 4.78 is 17.9. The average molecular weight is 438 g/mol. The molecule has 2 saturated heterocycles. The number of likely N-dealkylation sites (tertiary alicyclic amines) is 1. The summed E-state index contributed by atoms with van der Waals surface area (Å²) in [5, 5.41) is 0. The highest BCUT2D eigenvalue weighted by Gasteiger charge is 2.51. The Balaban J connectivity index is 1.40. The number of hydrogen-bond donors (Lipinski definition) is 0. The minimum atomic E-state index is -0.496. The molecule has 3 heterocycles. The summed E-state index contributed by atoms with van der Waals surface area (Å²) in [6.07, 6.45) is 4.34. The van der Waals surface area contributed by atoms with Crippen molar-refractivity contribution in [1.82, 2.24) is 4.90 Å². The van der Waals surface area contributed by atoms with Crippen LogP contribution in [0.3, 0.4) is 0 Å². The maximum absolute atomic E-state index is 12.6. The number of benzene rings is 1. The van der Waals surface area contributed by atoms with Crippen LogP contribution < -0.4 is 5.46 Å². The van der Waals surface area contributed by atoms with Crippen molar-refractivity contribution in [2.24, 2.45) is 4.99 Å². The van der Waals surface area contributed by atoms with Crippen molar-refractivity contribution in [3.63, 3.8) is 0 Å². The number of amides is 1. The Morgan fingerprint density at radius 3 is 2.34 bits per heavy atom. The van der Waals surface area contributed by atoms with Crippen LogP contribution in [0, 0.1) is 0 Å². The Labute approximate surface area is 192 Å². The summed E-state index contributed by atoms with van der Waals surface area (Å²) in [6, 6.07) is 8.36. The molecule has 32 heavy (non-hydrogen) atoms. The van der Waals surface area contributed by atoms with Gasteiger partial charge in [0.15, 0.2) is 0 Å². The molecule has 7 heteroatoms. The van der Waals surface area contributed by atoms with E-state index in [2.05, 4.69) is 52.0 Å². The average Bonchev–Trinajstić information content (AvgIpc) is 3.38. The van der Waals surface area contributed by atoms with Crippen LogP contribution in [0.15, 0.2) is 35.5 Å². The molecular formula is C25H35BN2O4. The number of rotatable bonds is 3. The summed E-state index contributed by atoms with van der Waals surface area (Å²) in [5.74, 6) is 0. The second kappa shape index (κ2) is 8.03. The highest BCUT2D eigenvalue weighted by atomic mass is 16.7. The van der Waals surface area contributed by atoms with Gasteiger partial charge in [0.25, 0.3) is 0 Å². The molecule has 0 N–H and O–H groups in total. The lowest BCUT2D eigenvalue weighted by molar-refractivity contribution is 0.00578. The van der Waals surface area contributed by atoms with Gasteiger partial charge in [-0.3, -0.25) is 9.89 Å². The molecule has 2 fully saturated rings.